The predicted molar refractivity (Wildman–Crippen MR) is 110 cm³/mol. The molecule has 148 valence electrons. The van der Waals surface area contributed by atoms with Crippen LogP contribution in [0, 0.1) is 10.1 Å². The molecular formula is C21H26N3O4+. The van der Waals surface area contributed by atoms with Crippen LogP contribution < -0.4 is 10.5 Å². The second-order valence-corrected chi connectivity index (χ2v) is 6.36. The summed E-state index contributed by atoms with van der Waals surface area (Å²) < 4.78 is 0. The van der Waals surface area contributed by atoms with Crippen molar-refractivity contribution in [3.63, 3.8) is 0 Å². The minimum atomic E-state index is -0.682. The van der Waals surface area contributed by atoms with E-state index in [1.165, 1.54) is 18.4 Å². The van der Waals surface area contributed by atoms with Gasteiger partial charge in [0.1, 0.15) is 6.29 Å². The Morgan fingerprint density at radius 2 is 2.11 bits per heavy atom. The zero-order chi connectivity index (χ0) is 20.7. The fraction of sp³-hybridized carbons (Fsp3) is 0.333. The zero-order valence-electron chi connectivity index (χ0n) is 16.5. The summed E-state index contributed by atoms with van der Waals surface area (Å²) in [6, 6.07) is 2.98. The van der Waals surface area contributed by atoms with Crippen molar-refractivity contribution in [1.82, 2.24) is 0 Å². The van der Waals surface area contributed by atoms with Crippen molar-refractivity contribution in [3.05, 3.63) is 63.9 Å². The Morgan fingerprint density at radius 3 is 2.64 bits per heavy atom. The van der Waals surface area contributed by atoms with E-state index in [1.807, 2.05) is 13.8 Å². The number of anilines is 1. The van der Waals surface area contributed by atoms with E-state index >= 15 is 0 Å². The van der Waals surface area contributed by atoms with Crippen LogP contribution >= 0.6 is 0 Å². The highest BCUT2D eigenvalue weighted by molar-refractivity contribution is 5.91. The Morgan fingerprint density at radius 1 is 1.39 bits per heavy atom. The molecule has 1 aromatic rings. The maximum atomic E-state index is 11.8. The predicted octanol–water partition coefficient (Wildman–Crippen LogP) is 2.83. The average Bonchev–Trinajstić information content (AvgIpc) is 2.97. The first kappa shape index (κ1) is 21.1. The molecule has 7 nitrogen and oxygen atoms in total. The highest BCUT2D eigenvalue weighted by Crippen LogP contribution is 2.48. The topological polar surface area (TPSA) is 95.4 Å². The Kier molecular flexibility index (Phi) is 6.87. The molecular weight excluding hydrogens is 358 g/mol. The van der Waals surface area contributed by atoms with Crippen molar-refractivity contribution in [1.29, 1.82) is 0 Å². The number of nitrogens with one attached hydrogen (secondary N) is 2. The molecule has 7 heteroatoms. The fourth-order valence-electron chi connectivity index (χ4n) is 3.33. The molecule has 1 aliphatic carbocycles. The quantitative estimate of drug-likeness (QED) is 0.447. The molecule has 2 aliphatic rings. The molecule has 3 rings (SSSR count). The van der Waals surface area contributed by atoms with Crippen LogP contribution in [-0.2, 0) is 15.0 Å². The summed E-state index contributed by atoms with van der Waals surface area (Å²) in [5.41, 5.74) is 2.39. The molecule has 2 N–H and O–H groups in total. The van der Waals surface area contributed by atoms with Crippen LogP contribution in [0.15, 0.2) is 42.7 Å². The van der Waals surface area contributed by atoms with Gasteiger partial charge in [0.05, 0.1) is 10.3 Å². The summed E-state index contributed by atoms with van der Waals surface area (Å²) in [6.07, 6.45) is 9.84. The van der Waals surface area contributed by atoms with Gasteiger partial charge in [-0.05, 0) is 35.2 Å². The fourth-order valence-corrected chi connectivity index (χ4v) is 3.33. The molecule has 1 saturated carbocycles. The molecule has 1 heterocycles. The molecule has 0 saturated heterocycles. The normalized spacial score (nSPS) is 16.3. The third kappa shape index (κ3) is 3.88. The SMILES string of the molecule is C=C(C1=CO[NH+]=CC=C1)c1cc([N+](=O)[O-])cc(C2(C=O)CCC2)c1NC.CC. The second-order valence-electron chi connectivity index (χ2n) is 6.36. The van der Waals surface area contributed by atoms with Gasteiger partial charge in [-0.15, -0.1) is 0 Å². The molecule has 0 amide bonds. The first-order valence-electron chi connectivity index (χ1n) is 9.30. The monoisotopic (exact) mass is 384 g/mol. The van der Waals surface area contributed by atoms with Gasteiger partial charge in [0.15, 0.2) is 6.26 Å². The zero-order valence-corrected chi connectivity index (χ0v) is 16.5. The van der Waals surface area contributed by atoms with E-state index in [-0.39, 0.29) is 5.69 Å². The summed E-state index contributed by atoms with van der Waals surface area (Å²) >= 11 is 0. The lowest BCUT2D eigenvalue weighted by Gasteiger charge is -2.38. The van der Waals surface area contributed by atoms with Gasteiger partial charge in [0.2, 0.25) is 6.21 Å². The van der Waals surface area contributed by atoms with Crippen LogP contribution in [0.1, 0.15) is 44.2 Å². The van der Waals surface area contributed by atoms with Crippen LogP contribution in [0.4, 0.5) is 11.4 Å². The van der Waals surface area contributed by atoms with Crippen LogP contribution in [0.2, 0.25) is 0 Å². The van der Waals surface area contributed by atoms with Gasteiger partial charge in [-0.3, -0.25) is 10.1 Å². The van der Waals surface area contributed by atoms with E-state index < -0.39 is 10.3 Å². The van der Waals surface area contributed by atoms with Crippen LogP contribution in [-0.4, -0.2) is 24.5 Å². The number of allylic oxidation sites excluding steroid dienone is 4. The van der Waals surface area contributed by atoms with E-state index in [4.69, 9.17) is 4.84 Å². The standard InChI is InChI=1S/C19H19N3O4.C2H6/c1-13(14-5-3-8-21-26-11-14)16-9-15(22(24)25)10-17(18(16)20-2)19(12-23)6-4-7-19;1-2/h3,5,8-12,20H,1,4,6-7H2,2H3;1-2H3/p+1. The van der Waals surface area contributed by atoms with Crippen LogP contribution in [0.25, 0.3) is 5.57 Å². The van der Waals surface area contributed by atoms with Gasteiger partial charge in [0, 0.05) is 42.1 Å². The minimum absolute atomic E-state index is 0.0629. The molecule has 0 bridgehead atoms. The van der Waals surface area contributed by atoms with Crippen molar-refractivity contribution in [2.45, 2.75) is 38.5 Å². The van der Waals surface area contributed by atoms with Gasteiger partial charge in [-0.2, -0.15) is 0 Å². The van der Waals surface area contributed by atoms with Gasteiger partial charge in [-0.25, -0.2) is 4.84 Å². The van der Waals surface area contributed by atoms with Crippen LogP contribution in [0.5, 0.6) is 0 Å². The number of aldehydes is 1. The molecule has 0 aromatic heterocycles. The number of carbonyl (C=O) groups is 1. The molecule has 1 fully saturated rings. The summed E-state index contributed by atoms with van der Waals surface area (Å²) in [6.45, 7) is 8.10. The maximum Gasteiger partial charge on any atom is 0.270 e. The van der Waals surface area contributed by atoms with Gasteiger partial charge >= 0.3 is 0 Å². The van der Waals surface area contributed by atoms with Crippen molar-refractivity contribution in [3.8, 4) is 0 Å². The Balaban J connectivity index is 0.00000136. The third-order valence-corrected chi connectivity index (χ3v) is 4.96. The highest BCUT2D eigenvalue weighted by atomic mass is 16.6. The second kappa shape index (κ2) is 9.12. The summed E-state index contributed by atoms with van der Waals surface area (Å²) in [7, 11) is 1.74. The molecule has 0 unspecified atom stereocenters. The minimum Gasteiger partial charge on any atom is -0.387 e. The first-order chi connectivity index (χ1) is 13.5. The van der Waals surface area contributed by atoms with E-state index in [1.54, 1.807) is 25.4 Å². The number of non-ortho nitro benzene ring substituents is 1. The van der Waals surface area contributed by atoms with Crippen LogP contribution in [0.3, 0.4) is 0 Å². The number of benzene rings is 1. The number of nitro benzene ring substituents is 1. The largest absolute Gasteiger partial charge is 0.387 e. The molecule has 0 atom stereocenters. The smallest absolute Gasteiger partial charge is 0.270 e. The molecule has 28 heavy (non-hydrogen) atoms. The number of rotatable bonds is 6. The lowest BCUT2D eigenvalue weighted by Crippen LogP contribution is -2.65. The van der Waals surface area contributed by atoms with Crippen molar-refractivity contribution in [2.24, 2.45) is 0 Å². The van der Waals surface area contributed by atoms with Gasteiger partial charge in [-0.1, -0.05) is 26.8 Å². The van der Waals surface area contributed by atoms with E-state index in [9.17, 15) is 14.9 Å². The van der Waals surface area contributed by atoms with Gasteiger partial charge < -0.3 is 10.1 Å². The number of nitrogens with zero attached hydrogens (tertiary/aromatic N) is 1. The number of hydrogen-bond donors (Lipinski definition) is 2. The first-order valence-corrected chi connectivity index (χ1v) is 9.30. The van der Waals surface area contributed by atoms with E-state index in [2.05, 4.69) is 17.1 Å². The van der Waals surface area contributed by atoms with E-state index in [0.717, 1.165) is 12.7 Å². The summed E-state index contributed by atoms with van der Waals surface area (Å²) in [5.74, 6) is 0. The summed E-state index contributed by atoms with van der Waals surface area (Å²) in [5, 5.41) is 17.2. The van der Waals surface area contributed by atoms with Gasteiger partial charge in [0.25, 0.3) is 5.69 Å². The average molecular weight is 384 g/mol. The highest BCUT2D eigenvalue weighted by Gasteiger charge is 2.42. The third-order valence-electron chi connectivity index (χ3n) is 4.96. The molecule has 0 spiro atoms. The maximum absolute atomic E-state index is 11.8. The van der Waals surface area contributed by atoms with Crippen molar-refractivity contribution >= 4 is 29.4 Å². The van der Waals surface area contributed by atoms with E-state index in [0.29, 0.717) is 40.8 Å². The number of hydrogen-bond acceptors (Lipinski definition) is 5. The number of carbonyl (C=O) groups excluding carboxylic acids is 1. The van der Waals surface area contributed by atoms with Crippen molar-refractivity contribution in [2.75, 3.05) is 12.4 Å². The van der Waals surface area contributed by atoms with Crippen molar-refractivity contribution < 1.29 is 19.7 Å². The Hall–Kier alpha value is -3.22. The summed E-state index contributed by atoms with van der Waals surface area (Å²) in [4.78, 5) is 28.0. The Labute approximate surface area is 164 Å². The molecule has 0 radical (unpaired) electrons. The lowest BCUT2D eigenvalue weighted by molar-refractivity contribution is -0.728. The molecule has 1 aliphatic heterocycles. The number of nitro groups is 1. The molecule has 1 aromatic carbocycles. The lowest BCUT2D eigenvalue weighted by atomic mass is 9.64. The Bertz CT molecular complexity index is 865.